The number of nitrogens with one attached hydrogen (secondary N) is 1. The predicted octanol–water partition coefficient (Wildman–Crippen LogP) is 6.80. The molecular formula is C35H49BF2N4O2. The van der Waals surface area contributed by atoms with Crippen LogP contribution in [0.2, 0.25) is 0 Å². The van der Waals surface area contributed by atoms with Gasteiger partial charge in [0.25, 0.3) is 0 Å². The molecule has 6 nitrogen and oxygen atoms in total. The highest BCUT2D eigenvalue weighted by Gasteiger charge is 2.53. The first-order valence-corrected chi connectivity index (χ1v) is 15.6. The third-order valence-electron chi connectivity index (χ3n) is 8.40. The molecule has 0 unspecified atom stereocenters. The van der Waals surface area contributed by atoms with Crippen molar-refractivity contribution < 1.29 is 22.6 Å². The second-order valence-corrected chi connectivity index (χ2v) is 14.3. The minimum atomic E-state index is -4.20. The van der Waals surface area contributed by atoms with E-state index in [1.54, 1.807) is 25.3 Å². The van der Waals surface area contributed by atoms with Crippen LogP contribution in [-0.4, -0.2) is 66.7 Å². The van der Waals surface area contributed by atoms with Crippen LogP contribution in [0.4, 0.5) is 8.63 Å². The van der Waals surface area contributed by atoms with Crippen molar-refractivity contribution in [1.82, 2.24) is 14.7 Å². The zero-order chi connectivity index (χ0) is 32.6. The van der Waals surface area contributed by atoms with Gasteiger partial charge in [-0.15, -0.1) is 0 Å². The smallest absolute Gasteiger partial charge is 0.496 e. The van der Waals surface area contributed by atoms with Crippen molar-refractivity contribution in [3.05, 3.63) is 75.8 Å². The largest absolute Gasteiger partial charge is 0.737 e. The lowest BCUT2D eigenvalue weighted by molar-refractivity contribution is -0.361. The lowest BCUT2D eigenvalue weighted by Crippen LogP contribution is -2.50. The van der Waals surface area contributed by atoms with Crippen LogP contribution in [0.1, 0.15) is 89.4 Å². The number of hydrogen-bond donors (Lipinski definition) is 1. The molecule has 0 spiro atoms. The van der Waals surface area contributed by atoms with E-state index in [0.717, 1.165) is 45.5 Å². The van der Waals surface area contributed by atoms with Crippen molar-refractivity contribution in [2.75, 3.05) is 34.3 Å². The summed E-state index contributed by atoms with van der Waals surface area (Å²) in [5, 5.41) is 2.91. The number of fused-ring (bicyclic) bond motifs is 2. The van der Waals surface area contributed by atoms with Gasteiger partial charge in [0.2, 0.25) is 5.91 Å². The zero-order valence-corrected chi connectivity index (χ0v) is 28.1. The quantitative estimate of drug-likeness (QED) is 0.239. The Hall–Kier alpha value is -3.46. The number of carbonyl (C=O) groups excluding carboxylic acids is 1. The number of amides is 1. The standard InChI is InChI=1S/C35H49BF2N4O2/c1-24-22-26(14-16-28-29(34(2,3)4)17-18-30(33(28)44-10)35(5,6)7)42-31(24)23-27-13-12-25(41(27)36(42,37)38)15-19-32(43)39-20-11-21-40(8)9/h12-14,16-18,22-23H,11,15,19-21H2,1-10H3,(H,39,43)/b16-14+. The lowest BCUT2D eigenvalue weighted by atomic mass is 9.78. The van der Waals surface area contributed by atoms with Crippen LogP contribution >= 0.6 is 0 Å². The Bertz CT molecular complexity index is 1550. The molecule has 238 valence electrons. The third kappa shape index (κ3) is 6.78. The molecule has 0 bridgehead atoms. The Kier molecular flexibility index (Phi) is 9.50. The molecule has 2 aliphatic heterocycles. The van der Waals surface area contributed by atoms with Crippen LogP contribution in [0, 0.1) is 0 Å². The topological polar surface area (TPSA) is 49.5 Å². The van der Waals surface area contributed by atoms with Gasteiger partial charge in [-0.05, 0) is 80.7 Å². The SMILES string of the molecule is COc1c(C(C)(C)C)ccc(C(C)(C)C)c1/C=C/C1=[N+]2C(=Cc3ccc(CCC(=O)NCCCN(C)C)n3[B-]2(F)F)C(C)=C1. The van der Waals surface area contributed by atoms with Gasteiger partial charge in [-0.1, -0.05) is 53.7 Å². The highest BCUT2D eigenvalue weighted by atomic mass is 19.2. The van der Waals surface area contributed by atoms with Crippen LogP contribution in [0.25, 0.3) is 12.2 Å². The Morgan fingerprint density at radius 1 is 1.02 bits per heavy atom. The molecule has 2 aliphatic rings. The maximum Gasteiger partial charge on any atom is 0.737 e. The van der Waals surface area contributed by atoms with E-state index in [9.17, 15) is 4.79 Å². The first kappa shape index (κ1) is 33.4. The average Bonchev–Trinajstić information content (AvgIpc) is 3.48. The van der Waals surface area contributed by atoms with Gasteiger partial charge in [-0.3, -0.25) is 4.79 Å². The summed E-state index contributed by atoms with van der Waals surface area (Å²) in [5.41, 5.74) is 5.30. The number of hydrogen-bond acceptors (Lipinski definition) is 3. The summed E-state index contributed by atoms with van der Waals surface area (Å²) >= 11 is 0. The number of ether oxygens (including phenoxy) is 1. The van der Waals surface area contributed by atoms with E-state index in [0.29, 0.717) is 29.3 Å². The van der Waals surface area contributed by atoms with Gasteiger partial charge in [0.1, 0.15) is 5.75 Å². The number of aromatic nitrogens is 1. The van der Waals surface area contributed by atoms with E-state index in [4.69, 9.17) is 4.74 Å². The van der Waals surface area contributed by atoms with Gasteiger partial charge in [-0.2, -0.15) is 0 Å². The Morgan fingerprint density at radius 2 is 1.68 bits per heavy atom. The highest BCUT2D eigenvalue weighted by Crippen LogP contribution is 2.41. The van der Waals surface area contributed by atoms with E-state index in [2.05, 4.69) is 63.9 Å². The summed E-state index contributed by atoms with van der Waals surface area (Å²) in [4.78, 5) is 14.5. The fourth-order valence-corrected chi connectivity index (χ4v) is 6.17. The van der Waals surface area contributed by atoms with Gasteiger partial charge in [0, 0.05) is 53.6 Å². The van der Waals surface area contributed by atoms with Crippen molar-refractivity contribution in [3.8, 4) is 5.75 Å². The summed E-state index contributed by atoms with van der Waals surface area (Å²) in [6.07, 6.45) is 8.58. The Balaban J connectivity index is 1.70. The number of methoxy groups -OCH3 is 1. The lowest BCUT2D eigenvalue weighted by Gasteiger charge is -2.31. The van der Waals surface area contributed by atoms with Crippen LogP contribution < -0.4 is 10.1 Å². The molecule has 1 aromatic heterocycles. The zero-order valence-electron chi connectivity index (χ0n) is 28.1. The molecule has 2 aromatic rings. The van der Waals surface area contributed by atoms with E-state index < -0.39 is 6.97 Å². The monoisotopic (exact) mass is 606 g/mol. The van der Waals surface area contributed by atoms with Crippen molar-refractivity contribution in [2.24, 2.45) is 0 Å². The van der Waals surface area contributed by atoms with E-state index in [1.807, 2.05) is 39.2 Å². The Morgan fingerprint density at radius 3 is 2.30 bits per heavy atom. The second-order valence-electron chi connectivity index (χ2n) is 14.3. The fourth-order valence-electron chi connectivity index (χ4n) is 6.17. The van der Waals surface area contributed by atoms with Crippen molar-refractivity contribution in [1.29, 1.82) is 0 Å². The van der Waals surface area contributed by atoms with Gasteiger partial charge in [-0.25, -0.2) is 0 Å². The highest BCUT2D eigenvalue weighted by molar-refractivity contribution is 6.58. The number of allylic oxidation sites excluding steroid dienone is 3. The maximum atomic E-state index is 16.6. The number of nitrogens with zero attached hydrogens (tertiary/aromatic N) is 3. The summed E-state index contributed by atoms with van der Waals surface area (Å²) in [7, 11) is 5.64. The molecule has 0 saturated heterocycles. The predicted molar refractivity (Wildman–Crippen MR) is 179 cm³/mol. The molecule has 3 heterocycles. The summed E-state index contributed by atoms with van der Waals surface area (Å²) in [6.45, 7) is 12.0. The van der Waals surface area contributed by atoms with Crippen LogP contribution in [0.3, 0.4) is 0 Å². The Labute approximate surface area is 262 Å². The van der Waals surface area contributed by atoms with Gasteiger partial charge < -0.3 is 32.5 Å². The maximum absolute atomic E-state index is 16.6. The van der Waals surface area contributed by atoms with E-state index in [1.165, 1.54) is 4.49 Å². The molecule has 0 atom stereocenters. The number of halogens is 2. The summed E-state index contributed by atoms with van der Waals surface area (Å²) in [6, 6.07) is 7.69. The van der Waals surface area contributed by atoms with Crippen LogP contribution in [0.5, 0.6) is 5.75 Å². The molecule has 44 heavy (non-hydrogen) atoms. The molecule has 9 heteroatoms. The fraction of sp³-hybridized carbons (Fsp3) is 0.486. The molecule has 0 aliphatic carbocycles. The molecule has 1 N–H and O–H groups in total. The van der Waals surface area contributed by atoms with Crippen molar-refractivity contribution in [2.45, 2.75) is 78.6 Å². The van der Waals surface area contributed by atoms with Crippen molar-refractivity contribution in [3.63, 3.8) is 0 Å². The van der Waals surface area contributed by atoms with Crippen molar-refractivity contribution >= 4 is 30.7 Å². The van der Waals surface area contributed by atoms with Gasteiger partial charge in [0.15, 0.2) is 11.4 Å². The molecule has 0 saturated carbocycles. The molecule has 1 amide bonds. The van der Waals surface area contributed by atoms with Gasteiger partial charge in [0.05, 0.1) is 7.11 Å². The van der Waals surface area contributed by atoms with Crippen LogP contribution in [-0.2, 0) is 22.0 Å². The molecular weight excluding hydrogens is 557 g/mol. The van der Waals surface area contributed by atoms with E-state index >= 15 is 8.63 Å². The first-order valence-electron chi connectivity index (χ1n) is 15.6. The van der Waals surface area contributed by atoms with Gasteiger partial charge >= 0.3 is 6.97 Å². The molecule has 4 rings (SSSR count). The number of rotatable bonds is 10. The minimum absolute atomic E-state index is 0.128. The first-order chi connectivity index (χ1) is 20.5. The minimum Gasteiger partial charge on any atom is -0.496 e. The number of aryl methyl sites for hydroxylation is 1. The number of benzene rings is 1. The number of carbonyl (C=O) groups is 1. The summed E-state index contributed by atoms with van der Waals surface area (Å²) < 4.78 is 41.4. The average molecular weight is 607 g/mol. The second kappa shape index (κ2) is 12.5. The molecule has 1 aromatic carbocycles. The van der Waals surface area contributed by atoms with Crippen LogP contribution in [0.15, 0.2) is 47.7 Å². The third-order valence-corrected chi connectivity index (χ3v) is 8.40. The van der Waals surface area contributed by atoms with E-state index in [-0.39, 0.29) is 29.6 Å². The normalized spacial score (nSPS) is 16.3. The summed E-state index contributed by atoms with van der Waals surface area (Å²) in [5.74, 6) is 0.638. The molecule has 0 fully saturated rings. The molecule has 0 radical (unpaired) electrons.